The van der Waals surface area contributed by atoms with Gasteiger partial charge in [0.2, 0.25) is 0 Å². The van der Waals surface area contributed by atoms with E-state index in [1.54, 1.807) is 0 Å². The number of rotatable bonds is 4. The van der Waals surface area contributed by atoms with Crippen molar-refractivity contribution in [3.05, 3.63) is 59.7 Å². The summed E-state index contributed by atoms with van der Waals surface area (Å²) in [6, 6.07) is 13.0. The zero-order valence-electron chi connectivity index (χ0n) is 10.8. The van der Waals surface area contributed by atoms with Gasteiger partial charge in [-0.05, 0) is 30.0 Å². The van der Waals surface area contributed by atoms with E-state index in [0.29, 0.717) is 0 Å². The summed E-state index contributed by atoms with van der Waals surface area (Å²) in [5.74, 6) is -0.131. The number of hydrogen-bond acceptors (Lipinski definition) is 2. The van der Waals surface area contributed by atoms with E-state index in [4.69, 9.17) is 4.74 Å². The average Bonchev–Trinajstić information content (AvgIpc) is 2.45. The Morgan fingerprint density at radius 2 is 1.75 bits per heavy atom. The zero-order valence-corrected chi connectivity index (χ0v) is 11.6. The van der Waals surface area contributed by atoms with Crippen LogP contribution in [-0.4, -0.2) is 6.26 Å². The highest BCUT2D eigenvalue weighted by Gasteiger charge is 2.34. The zero-order chi connectivity index (χ0) is 14.6. The Kier molecular flexibility index (Phi) is 4.60. The van der Waals surface area contributed by atoms with Gasteiger partial charge in [-0.25, -0.2) is 0 Å². The van der Waals surface area contributed by atoms with Crippen molar-refractivity contribution < 1.29 is 17.9 Å². The van der Waals surface area contributed by atoms with Crippen molar-refractivity contribution in [1.29, 1.82) is 0 Å². The molecular formula is C15H13F3OS. The van der Waals surface area contributed by atoms with Crippen molar-refractivity contribution in [1.82, 2.24) is 0 Å². The molecule has 0 aliphatic rings. The van der Waals surface area contributed by atoms with Gasteiger partial charge >= 0.3 is 6.18 Å². The van der Waals surface area contributed by atoms with E-state index < -0.39 is 11.7 Å². The van der Waals surface area contributed by atoms with E-state index in [1.807, 2.05) is 36.6 Å². The van der Waals surface area contributed by atoms with Crippen molar-refractivity contribution >= 4 is 11.8 Å². The second-order valence-electron chi connectivity index (χ2n) is 4.13. The quantitative estimate of drug-likeness (QED) is 0.734. The summed E-state index contributed by atoms with van der Waals surface area (Å²) < 4.78 is 44.1. The molecule has 0 aliphatic heterocycles. The van der Waals surface area contributed by atoms with Gasteiger partial charge in [-0.15, -0.1) is 11.8 Å². The van der Waals surface area contributed by atoms with Gasteiger partial charge in [0.25, 0.3) is 0 Å². The summed E-state index contributed by atoms with van der Waals surface area (Å²) >= 11 is 1.38. The Morgan fingerprint density at radius 1 is 1.05 bits per heavy atom. The van der Waals surface area contributed by atoms with Gasteiger partial charge in [0.05, 0.1) is 5.56 Å². The fourth-order valence-electron chi connectivity index (χ4n) is 1.72. The lowest BCUT2D eigenvalue weighted by Crippen LogP contribution is -2.08. The summed E-state index contributed by atoms with van der Waals surface area (Å²) in [6.07, 6.45) is -2.60. The van der Waals surface area contributed by atoms with Gasteiger partial charge in [-0.1, -0.05) is 30.3 Å². The van der Waals surface area contributed by atoms with E-state index in [9.17, 15) is 13.2 Å². The topological polar surface area (TPSA) is 9.23 Å². The minimum atomic E-state index is -4.41. The predicted octanol–water partition coefficient (Wildman–Crippen LogP) is 5.01. The summed E-state index contributed by atoms with van der Waals surface area (Å²) in [6.45, 7) is 0.113. The lowest BCUT2D eigenvalue weighted by atomic mass is 10.2. The molecule has 1 nitrogen and oxygen atoms in total. The highest BCUT2D eigenvalue weighted by atomic mass is 32.2. The molecular weight excluding hydrogens is 285 g/mol. The third-order valence-electron chi connectivity index (χ3n) is 2.73. The van der Waals surface area contributed by atoms with Crippen LogP contribution in [0.3, 0.4) is 0 Å². The van der Waals surface area contributed by atoms with Gasteiger partial charge in [0, 0.05) is 4.90 Å². The normalized spacial score (nSPS) is 11.4. The molecule has 0 radical (unpaired) electrons. The number of alkyl halides is 3. The molecule has 0 atom stereocenters. The molecule has 0 fully saturated rings. The van der Waals surface area contributed by atoms with Gasteiger partial charge in [-0.2, -0.15) is 13.2 Å². The third kappa shape index (κ3) is 3.70. The molecule has 0 N–H and O–H groups in total. The Balaban J connectivity index is 2.24. The Labute approximate surface area is 119 Å². The maximum Gasteiger partial charge on any atom is 0.419 e. The van der Waals surface area contributed by atoms with Crippen LogP contribution in [0.4, 0.5) is 13.2 Å². The maximum atomic E-state index is 12.9. The molecule has 106 valence electrons. The molecule has 0 saturated heterocycles. The van der Waals surface area contributed by atoms with Crippen LogP contribution in [0.25, 0.3) is 0 Å². The van der Waals surface area contributed by atoms with Crippen molar-refractivity contribution in [3.8, 4) is 5.75 Å². The number of thioether (sulfide) groups is 1. The number of halogens is 3. The molecule has 0 amide bonds. The van der Waals surface area contributed by atoms with E-state index in [-0.39, 0.29) is 12.4 Å². The molecule has 0 unspecified atom stereocenters. The standard InChI is InChI=1S/C15H13F3OS/c1-20-12-7-8-13(15(16,17)18)14(9-12)19-10-11-5-3-2-4-6-11/h2-9H,10H2,1H3. The fourth-order valence-corrected chi connectivity index (χ4v) is 2.15. The van der Waals surface area contributed by atoms with Crippen LogP contribution >= 0.6 is 11.8 Å². The van der Waals surface area contributed by atoms with Crippen molar-refractivity contribution in [3.63, 3.8) is 0 Å². The van der Waals surface area contributed by atoms with Crippen LogP contribution in [0.2, 0.25) is 0 Å². The molecule has 0 aromatic heterocycles. The first-order valence-electron chi connectivity index (χ1n) is 5.92. The Hall–Kier alpha value is -1.62. The van der Waals surface area contributed by atoms with Gasteiger partial charge < -0.3 is 4.74 Å². The van der Waals surface area contributed by atoms with Crippen LogP contribution in [0.1, 0.15) is 11.1 Å². The summed E-state index contributed by atoms with van der Waals surface area (Å²) in [5, 5.41) is 0. The molecule has 0 saturated carbocycles. The summed E-state index contributed by atoms with van der Waals surface area (Å²) in [4.78, 5) is 0.737. The van der Waals surface area contributed by atoms with Crippen LogP contribution in [-0.2, 0) is 12.8 Å². The first-order chi connectivity index (χ1) is 9.50. The minimum absolute atomic E-state index is 0.113. The monoisotopic (exact) mass is 298 g/mol. The first kappa shape index (κ1) is 14.8. The predicted molar refractivity (Wildman–Crippen MR) is 74.0 cm³/mol. The van der Waals surface area contributed by atoms with Crippen LogP contribution in [0, 0.1) is 0 Å². The molecule has 5 heteroatoms. The van der Waals surface area contributed by atoms with E-state index in [1.165, 1.54) is 23.9 Å². The second-order valence-corrected chi connectivity index (χ2v) is 5.01. The number of benzene rings is 2. The van der Waals surface area contributed by atoms with Crippen LogP contribution < -0.4 is 4.74 Å². The van der Waals surface area contributed by atoms with Gasteiger partial charge in [0.1, 0.15) is 12.4 Å². The molecule has 0 bridgehead atoms. The minimum Gasteiger partial charge on any atom is -0.488 e. The molecule has 2 rings (SSSR count). The summed E-state index contributed by atoms with van der Waals surface area (Å²) in [7, 11) is 0. The third-order valence-corrected chi connectivity index (χ3v) is 3.46. The fraction of sp³-hybridized carbons (Fsp3) is 0.200. The second kappa shape index (κ2) is 6.22. The van der Waals surface area contributed by atoms with E-state index >= 15 is 0 Å². The van der Waals surface area contributed by atoms with Crippen molar-refractivity contribution in [2.45, 2.75) is 17.7 Å². The first-order valence-corrected chi connectivity index (χ1v) is 7.15. The van der Waals surface area contributed by atoms with E-state index in [0.717, 1.165) is 16.5 Å². The van der Waals surface area contributed by atoms with Crippen molar-refractivity contribution in [2.24, 2.45) is 0 Å². The Morgan fingerprint density at radius 3 is 2.35 bits per heavy atom. The van der Waals surface area contributed by atoms with Crippen LogP contribution in [0.5, 0.6) is 5.75 Å². The Bertz CT molecular complexity index is 567. The average molecular weight is 298 g/mol. The smallest absolute Gasteiger partial charge is 0.419 e. The van der Waals surface area contributed by atoms with Crippen LogP contribution in [0.15, 0.2) is 53.4 Å². The number of hydrogen-bond donors (Lipinski definition) is 0. The summed E-state index contributed by atoms with van der Waals surface area (Å²) in [5.41, 5.74) is 0.0846. The molecule has 2 aromatic carbocycles. The van der Waals surface area contributed by atoms with E-state index in [2.05, 4.69) is 0 Å². The maximum absolute atomic E-state index is 12.9. The lowest BCUT2D eigenvalue weighted by Gasteiger charge is -2.15. The molecule has 0 aliphatic carbocycles. The largest absolute Gasteiger partial charge is 0.488 e. The number of ether oxygens (including phenoxy) is 1. The lowest BCUT2D eigenvalue weighted by molar-refractivity contribution is -0.139. The molecule has 2 aromatic rings. The highest BCUT2D eigenvalue weighted by molar-refractivity contribution is 7.98. The van der Waals surface area contributed by atoms with Gasteiger partial charge in [-0.3, -0.25) is 0 Å². The van der Waals surface area contributed by atoms with Crippen molar-refractivity contribution in [2.75, 3.05) is 6.26 Å². The van der Waals surface area contributed by atoms with Gasteiger partial charge in [0.15, 0.2) is 0 Å². The SMILES string of the molecule is CSc1ccc(C(F)(F)F)c(OCc2ccccc2)c1. The molecule has 0 heterocycles. The molecule has 0 spiro atoms. The molecule has 20 heavy (non-hydrogen) atoms. The highest BCUT2D eigenvalue weighted by Crippen LogP contribution is 2.38.